The zero-order valence-electron chi connectivity index (χ0n) is 11.6. The predicted molar refractivity (Wildman–Crippen MR) is 83.7 cm³/mol. The van der Waals surface area contributed by atoms with E-state index in [4.69, 9.17) is 16.2 Å². The van der Waals surface area contributed by atoms with Gasteiger partial charge in [0.2, 0.25) is 0 Å². The van der Waals surface area contributed by atoms with E-state index >= 15 is 0 Å². The number of hydrogen-bond acceptors (Lipinski definition) is 4. The maximum Gasteiger partial charge on any atom is 0.322 e. The highest BCUT2D eigenvalue weighted by Gasteiger charge is 2.10. The summed E-state index contributed by atoms with van der Waals surface area (Å²) in [6, 6.07) is 6.95. The van der Waals surface area contributed by atoms with Gasteiger partial charge in [0.25, 0.3) is 0 Å². The lowest BCUT2D eigenvalue weighted by molar-refractivity contribution is -0.138. The van der Waals surface area contributed by atoms with Crippen molar-refractivity contribution in [3.63, 3.8) is 0 Å². The maximum atomic E-state index is 10.6. The minimum absolute atomic E-state index is 0.199. The molecule has 21 heavy (non-hydrogen) atoms. The minimum atomic E-state index is -1.01. The molecule has 0 fully saturated rings. The Morgan fingerprint density at radius 1 is 1.29 bits per heavy atom. The molecular weight excluding hydrogens is 266 g/mol. The van der Waals surface area contributed by atoms with Crippen molar-refractivity contribution < 1.29 is 9.90 Å². The van der Waals surface area contributed by atoms with E-state index in [1.54, 1.807) is 0 Å². The summed E-state index contributed by atoms with van der Waals surface area (Å²) < 4.78 is 0. The third-order valence-electron chi connectivity index (χ3n) is 3.31. The Balaban J connectivity index is 1.87. The second-order valence-corrected chi connectivity index (χ2v) is 5.06. The molecule has 1 aliphatic carbocycles. The van der Waals surface area contributed by atoms with Crippen LogP contribution in [0.3, 0.4) is 0 Å². The zero-order chi connectivity index (χ0) is 15.2. The molecule has 1 aliphatic rings. The van der Waals surface area contributed by atoms with Crippen LogP contribution in [0.1, 0.15) is 5.56 Å². The Morgan fingerprint density at radius 3 is 2.48 bits per heavy atom. The lowest BCUT2D eigenvalue weighted by Crippen LogP contribution is -2.36. The monoisotopic (exact) mass is 285 g/mol. The number of allylic oxidation sites excluding steroid dienone is 4. The van der Waals surface area contributed by atoms with Crippen LogP contribution in [0.2, 0.25) is 0 Å². The number of hydrogen-bond donors (Lipinski definition) is 4. The SMILES string of the molecule is N=C1C=CC(Cc2ccc(NC[C@@H](N)C(=O)O)cc2)C=C1. The van der Waals surface area contributed by atoms with Crippen molar-refractivity contribution in [3.8, 4) is 0 Å². The lowest BCUT2D eigenvalue weighted by atomic mass is 9.95. The highest BCUT2D eigenvalue weighted by atomic mass is 16.4. The highest BCUT2D eigenvalue weighted by molar-refractivity contribution is 6.02. The third-order valence-corrected chi connectivity index (χ3v) is 3.31. The molecule has 110 valence electrons. The Labute approximate surface area is 123 Å². The summed E-state index contributed by atoms with van der Waals surface area (Å²) in [5.74, 6) is -0.695. The molecule has 0 spiro atoms. The summed E-state index contributed by atoms with van der Waals surface area (Å²) in [7, 11) is 0. The molecule has 0 unspecified atom stereocenters. The first-order valence-corrected chi connectivity index (χ1v) is 6.81. The molecule has 0 amide bonds. The van der Waals surface area contributed by atoms with Crippen LogP contribution in [-0.4, -0.2) is 29.4 Å². The van der Waals surface area contributed by atoms with Crippen molar-refractivity contribution >= 4 is 17.4 Å². The van der Waals surface area contributed by atoms with Gasteiger partial charge in [-0.3, -0.25) is 4.79 Å². The van der Waals surface area contributed by atoms with Crippen LogP contribution in [0.15, 0.2) is 48.6 Å². The molecule has 1 aromatic carbocycles. The van der Waals surface area contributed by atoms with Gasteiger partial charge in [0.1, 0.15) is 6.04 Å². The fourth-order valence-corrected chi connectivity index (χ4v) is 2.06. The number of aliphatic carboxylic acids is 1. The van der Waals surface area contributed by atoms with Gasteiger partial charge >= 0.3 is 5.97 Å². The summed E-state index contributed by atoms with van der Waals surface area (Å²) in [6.07, 6.45) is 8.57. The van der Waals surface area contributed by atoms with E-state index in [1.165, 1.54) is 5.56 Å². The summed E-state index contributed by atoms with van der Waals surface area (Å²) in [4.78, 5) is 10.6. The quantitative estimate of drug-likeness (QED) is 0.640. The normalized spacial score (nSPS) is 18.5. The second kappa shape index (κ2) is 6.85. The molecule has 0 bridgehead atoms. The van der Waals surface area contributed by atoms with E-state index in [9.17, 15) is 4.79 Å². The summed E-state index contributed by atoms with van der Waals surface area (Å²) in [6.45, 7) is 0.199. The summed E-state index contributed by atoms with van der Waals surface area (Å²) in [5, 5.41) is 19.2. The predicted octanol–water partition coefficient (Wildman–Crippen LogP) is 1.81. The molecular formula is C16H19N3O2. The van der Waals surface area contributed by atoms with Crippen molar-refractivity contribution in [2.24, 2.45) is 11.7 Å². The molecule has 0 heterocycles. The molecule has 0 saturated heterocycles. The van der Waals surface area contributed by atoms with Gasteiger partial charge in [0, 0.05) is 12.2 Å². The molecule has 0 aromatic heterocycles. The van der Waals surface area contributed by atoms with Gasteiger partial charge in [0.15, 0.2) is 0 Å². The Bertz CT molecular complexity index is 560. The van der Waals surface area contributed by atoms with Crippen molar-refractivity contribution in [2.75, 3.05) is 11.9 Å². The second-order valence-electron chi connectivity index (χ2n) is 5.06. The average molecular weight is 285 g/mol. The zero-order valence-corrected chi connectivity index (χ0v) is 11.6. The number of carbonyl (C=O) groups is 1. The van der Waals surface area contributed by atoms with E-state index in [-0.39, 0.29) is 6.54 Å². The number of benzene rings is 1. The number of carboxylic acids is 1. The number of carboxylic acid groups (broad SMARTS) is 1. The van der Waals surface area contributed by atoms with E-state index in [2.05, 4.69) is 5.32 Å². The Morgan fingerprint density at radius 2 is 1.90 bits per heavy atom. The van der Waals surface area contributed by atoms with Gasteiger partial charge in [-0.25, -0.2) is 0 Å². The first-order valence-electron chi connectivity index (χ1n) is 6.81. The number of nitrogens with one attached hydrogen (secondary N) is 2. The van der Waals surface area contributed by atoms with Gasteiger partial charge in [-0.15, -0.1) is 0 Å². The van der Waals surface area contributed by atoms with Gasteiger partial charge in [-0.05, 0) is 42.2 Å². The van der Waals surface area contributed by atoms with Crippen LogP contribution < -0.4 is 11.1 Å². The van der Waals surface area contributed by atoms with E-state index in [0.29, 0.717) is 11.6 Å². The van der Waals surface area contributed by atoms with E-state index < -0.39 is 12.0 Å². The minimum Gasteiger partial charge on any atom is -0.480 e. The molecule has 5 N–H and O–H groups in total. The molecule has 1 aromatic rings. The average Bonchev–Trinajstić information content (AvgIpc) is 2.48. The molecule has 1 atom stereocenters. The smallest absolute Gasteiger partial charge is 0.322 e. The van der Waals surface area contributed by atoms with Gasteiger partial charge in [-0.2, -0.15) is 0 Å². The van der Waals surface area contributed by atoms with E-state index in [0.717, 1.165) is 12.1 Å². The summed E-state index contributed by atoms with van der Waals surface area (Å²) >= 11 is 0. The van der Waals surface area contributed by atoms with Crippen molar-refractivity contribution in [3.05, 3.63) is 54.1 Å². The Kier molecular flexibility index (Phi) is 4.90. The number of anilines is 1. The van der Waals surface area contributed by atoms with Crippen LogP contribution in [0, 0.1) is 11.3 Å². The molecule has 5 heteroatoms. The fraction of sp³-hybridized carbons (Fsp3) is 0.250. The molecule has 0 saturated carbocycles. The third kappa shape index (κ3) is 4.57. The first-order chi connectivity index (χ1) is 10.0. The van der Waals surface area contributed by atoms with Gasteiger partial charge in [0.05, 0.1) is 5.71 Å². The highest BCUT2D eigenvalue weighted by Crippen LogP contribution is 2.17. The van der Waals surface area contributed by atoms with E-state index in [1.807, 2.05) is 48.6 Å². The van der Waals surface area contributed by atoms with Gasteiger partial charge < -0.3 is 21.6 Å². The van der Waals surface area contributed by atoms with Crippen molar-refractivity contribution in [2.45, 2.75) is 12.5 Å². The molecule has 2 rings (SSSR count). The van der Waals surface area contributed by atoms with Crippen molar-refractivity contribution in [1.29, 1.82) is 5.41 Å². The Hall–Kier alpha value is -2.40. The van der Waals surface area contributed by atoms with Crippen LogP contribution in [0.4, 0.5) is 5.69 Å². The van der Waals surface area contributed by atoms with Crippen LogP contribution >= 0.6 is 0 Å². The van der Waals surface area contributed by atoms with Gasteiger partial charge in [-0.1, -0.05) is 24.3 Å². The molecule has 0 aliphatic heterocycles. The van der Waals surface area contributed by atoms with Crippen LogP contribution in [-0.2, 0) is 11.2 Å². The standard InChI is InChI=1S/C16H19N3O2/c17-13-5-1-11(2-6-13)9-12-3-7-14(8-4-12)19-10-15(18)16(20)21/h1-8,11,15,17,19H,9-10,18H2,(H,20,21)/t11?,15-/m1/s1. The molecule has 5 nitrogen and oxygen atoms in total. The van der Waals surface area contributed by atoms with Crippen LogP contribution in [0.25, 0.3) is 0 Å². The topological polar surface area (TPSA) is 99.2 Å². The number of nitrogens with two attached hydrogens (primary N) is 1. The largest absolute Gasteiger partial charge is 0.480 e. The maximum absolute atomic E-state index is 10.6. The van der Waals surface area contributed by atoms with Crippen LogP contribution in [0.5, 0.6) is 0 Å². The lowest BCUT2D eigenvalue weighted by Gasteiger charge is -2.13. The summed E-state index contributed by atoms with van der Waals surface area (Å²) in [5.41, 5.74) is 8.01. The first kappa shape index (κ1) is 15.0. The molecule has 0 radical (unpaired) electrons. The fourth-order valence-electron chi connectivity index (χ4n) is 2.06. The number of rotatable bonds is 6. The van der Waals surface area contributed by atoms with Crippen molar-refractivity contribution in [1.82, 2.24) is 0 Å².